The smallest absolute Gasteiger partial charge is 0.116 e. The molecule has 0 N–H and O–H groups in total. The molecule has 0 heterocycles. The van der Waals surface area contributed by atoms with Crippen LogP contribution < -0.4 is 0 Å². The van der Waals surface area contributed by atoms with Crippen LogP contribution in [-0.4, -0.2) is 8.84 Å². The summed E-state index contributed by atoms with van der Waals surface area (Å²) in [6.07, 6.45) is 0. The first-order chi connectivity index (χ1) is 5.37. The fraction of sp³-hybridized carbons (Fsp3) is 0. The van der Waals surface area contributed by atoms with Gasteiger partial charge in [0.15, 0.2) is 0 Å². The van der Waals surface area contributed by atoms with Gasteiger partial charge in [0.2, 0.25) is 0 Å². The summed E-state index contributed by atoms with van der Waals surface area (Å²) >= 11 is 0. The molecule has 0 aliphatic carbocycles. The van der Waals surface area contributed by atoms with Crippen LogP contribution in [0.4, 0.5) is 0 Å². The molecule has 0 aromatic heterocycles. The monoisotopic (exact) mass is 336 g/mol. The zero-order valence-electron chi connectivity index (χ0n) is 7.12. The maximum absolute atomic E-state index is 8.12. The van der Waals surface area contributed by atoms with E-state index in [4.69, 9.17) is 1.28 Å². The number of hydrogen-bond acceptors (Lipinski definition) is 0. The highest BCUT2D eigenvalue weighted by molar-refractivity contribution is 9.12. The van der Waals surface area contributed by atoms with E-state index >= 15 is 0 Å². The van der Waals surface area contributed by atoms with Crippen LogP contribution in [0, 0.1) is 0 Å². The molecule has 0 aromatic carbocycles. The van der Waals surface area contributed by atoms with Crippen molar-refractivity contribution in [2.24, 2.45) is 0 Å². The predicted molar refractivity (Wildman–Crippen MR) is 93.1 cm³/mol. The Balaban J connectivity index is 4.30. The maximum Gasteiger partial charge on any atom is 0.145 e. The lowest BCUT2D eigenvalue weighted by atomic mass is 10.8. The zero-order chi connectivity index (χ0) is 9.89. The minimum Gasteiger partial charge on any atom is -0.116 e. The van der Waals surface area contributed by atoms with Crippen LogP contribution in [-0.2, 0) is 0 Å². The van der Waals surface area contributed by atoms with Crippen molar-refractivity contribution in [3.8, 4) is 0 Å². The Morgan fingerprint density at radius 1 is 1.18 bits per heavy atom. The molecule has 0 rings (SSSR count). The first kappa shape index (κ1) is 13.4. The SMILES string of the molecule is [3H]P(P(P)P)P(P(B)P)P(P)P. The minimum atomic E-state index is -0.481. The van der Waals surface area contributed by atoms with Gasteiger partial charge in [0.05, 0.1) is 1.28 Å². The standard InChI is InChI=1S/BH13P10/c1-8(2)11(10(5)6)7-9(3)4/h7H,1-6H2/i7T. The van der Waals surface area contributed by atoms with Crippen LogP contribution in [0.25, 0.3) is 0 Å². The summed E-state index contributed by atoms with van der Waals surface area (Å²) in [5.74, 6) is 0. The van der Waals surface area contributed by atoms with Crippen LogP contribution in [0.15, 0.2) is 0 Å². The topological polar surface area (TPSA) is 0 Å². The molecule has 0 bridgehead atoms. The lowest BCUT2D eigenvalue weighted by molar-refractivity contribution is 4.61. The largest absolute Gasteiger partial charge is 0.145 e. The average molecular weight is 336 g/mol. The van der Waals surface area contributed by atoms with Crippen LogP contribution >= 0.6 is 80.7 Å². The van der Waals surface area contributed by atoms with E-state index in [1.807, 2.05) is 0 Å². The van der Waals surface area contributed by atoms with Gasteiger partial charge in [-0.25, -0.2) is 0 Å². The lowest BCUT2D eigenvalue weighted by Crippen LogP contribution is -1.46. The summed E-state index contributed by atoms with van der Waals surface area (Å²) in [4.78, 5) is 0. The molecule has 0 saturated carbocycles. The molecule has 0 spiro atoms. The molecule has 0 aliphatic heterocycles. The molecule has 66 valence electrons. The van der Waals surface area contributed by atoms with Crippen LogP contribution in [0.5, 0.6) is 0 Å². The average Bonchev–Trinajstić information content (AvgIpc) is 1.85. The van der Waals surface area contributed by atoms with Crippen LogP contribution in [0.1, 0.15) is 0 Å². The van der Waals surface area contributed by atoms with E-state index in [2.05, 4.69) is 52.2 Å². The van der Waals surface area contributed by atoms with Gasteiger partial charge in [0, 0.05) is 0 Å². The second kappa shape index (κ2) is 8.51. The van der Waals surface area contributed by atoms with Gasteiger partial charge < -0.3 is 0 Å². The Bertz CT molecular complexity index is 113. The van der Waals surface area contributed by atoms with Gasteiger partial charge in [-0.05, 0) is 21.0 Å². The molecule has 0 aromatic rings. The highest BCUT2D eigenvalue weighted by Crippen LogP contribution is 3.06. The van der Waals surface area contributed by atoms with E-state index < -0.39 is 7.90 Å². The van der Waals surface area contributed by atoms with Crippen molar-refractivity contribution in [2.45, 2.75) is 0 Å². The van der Waals surface area contributed by atoms with Gasteiger partial charge in [0.1, 0.15) is 7.57 Å². The molecule has 8 unspecified atom stereocenters. The Kier molecular flexibility index (Phi) is 10.4. The molecule has 11 heteroatoms. The second-order valence-electron chi connectivity index (χ2n) is 1.69. The molecular weight excluding hydrogens is 321 g/mol. The minimum absolute atomic E-state index is 0.0243. The lowest BCUT2D eigenvalue weighted by Gasteiger charge is -2.26. The zero-order valence-corrected chi connectivity index (χ0v) is 16.4. The molecule has 0 saturated heterocycles. The van der Waals surface area contributed by atoms with E-state index in [0.29, 0.717) is 0 Å². The quantitative estimate of drug-likeness (QED) is 0.514. The van der Waals surface area contributed by atoms with E-state index in [0.717, 1.165) is 0 Å². The Morgan fingerprint density at radius 2 is 1.64 bits per heavy atom. The molecule has 8 atom stereocenters. The van der Waals surface area contributed by atoms with Gasteiger partial charge >= 0.3 is 0 Å². The Labute approximate surface area is 89.4 Å². The number of hydrogen-bond donors (Lipinski definition) is 0. The normalized spacial score (nSPS) is 21.5. The van der Waals surface area contributed by atoms with Gasteiger partial charge in [-0.1, -0.05) is 15.1 Å². The number of rotatable bonds is 4. The molecule has 0 aliphatic rings. The third-order valence-electron chi connectivity index (χ3n) is 0.672. The van der Waals surface area contributed by atoms with Crippen molar-refractivity contribution in [1.82, 2.24) is 0 Å². The second-order valence-corrected chi connectivity index (χ2v) is 37.4. The molecule has 11 heavy (non-hydrogen) atoms. The maximum atomic E-state index is 8.12. The Morgan fingerprint density at radius 3 is 1.73 bits per heavy atom. The molecule has 0 fully saturated rings. The molecule has 0 nitrogen and oxygen atoms in total. The summed E-state index contributed by atoms with van der Waals surface area (Å²) < 4.78 is 8.12. The molecular formula is H13BP10. The predicted octanol–water partition coefficient (Wildman–Crippen LogP) is 4.75. The summed E-state index contributed by atoms with van der Waals surface area (Å²) in [6.45, 7) is -0.260. The summed E-state index contributed by atoms with van der Waals surface area (Å²) in [6, 6.07) is 0. The highest BCUT2D eigenvalue weighted by Gasteiger charge is 2.17. The van der Waals surface area contributed by atoms with Crippen molar-refractivity contribution in [1.29, 1.82) is 1.28 Å². The summed E-state index contributed by atoms with van der Waals surface area (Å²) in [5, 5.41) is 0. The summed E-state index contributed by atoms with van der Waals surface area (Å²) in [7, 11) is 16.2. The summed E-state index contributed by atoms with van der Waals surface area (Å²) in [5.41, 5.74) is 0. The third-order valence-corrected chi connectivity index (χ3v) is 44.8. The van der Waals surface area contributed by atoms with E-state index in [9.17, 15) is 0 Å². The Hall–Kier alpha value is 4.36. The van der Waals surface area contributed by atoms with Gasteiger partial charge in [-0.15, -0.1) is 44.6 Å². The van der Waals surface area contributed by atoms with E-state index in [-0.39, 0.29) is 28.1 Å². The van der Waals surface area contributed by atoms with E-state index in [1.165, 1.54) is 0 Å². The van der Waals surface area contributed by atoms with Crippen molar-refractivity contribution in [3.05, 3.63) is 0 Å². The first-order valence-electron chi connectivity index (χ1n) is 2.99. The van der Waals surface area contributed by atoms with Crippen LogP contribution in [0.3, 0.4) is 0 Å². The van der Waals surface area contributed by atoms with E-state index in [1.54, 1.807) is 0 Å². The van der Waals surface area contributed by atoms with Gasteiger partial charge in [-0.3, -0.25) is 0 Å². The van der Waals surface area contributed by atoms with Gasteiger partial charge in [-0.2, -0.15) is 0 Å². The van der Waals surface area contributed by atoms with Crippen molar-refractivity contribution in [2.75, 3.05) is 0 Å². The van der Waals surface area contributed by atoms with Crippen LogP contribution in [0.2, 0.25) is 0 Å². The fourth-order valence-corrected chi connectivity index (χ4v) is 65.4. The fourth-order valence-electron chi connectivity index (χ4n) is 0.365. The highest BCUT2D eigenvalue weighted by atomic mass is 33.1. The van der Waals surface area contributed by atoms with Crippen molar-refractivity contribution < 1.29 is 0 Å². The van der Waals surface area contributed by atoms with Gasteiger partial charge in [0.25, 0.3) is 0 Å². The first-order valence-corrected chi connectivity index (χ1v) is 20.2. The molecule has 0 amide bonds. The molecule has 0 radical (unpaired) electrons. The van der Waals surface area contributed by atoms with Crippen molar-refractivity contribution in [3.63, 3.8) is 0 Å². The third kappa shape index (κ3) is 8.20. The van der Waals surface area contributed by atoms with Crippen molar-refractivity contribution >= 4 is 88.3 Å².